The lowest BCUT2D eigenvalue weighted by atomic mass is 10.2. The first kappa shape index (κ1) is 16.3. The lowest BCUT2D eigenvalue weighted by molar-refractivity contribution is 0.0280. The molecule has 0 fully saturated rings. The average Bonchev–Trinajstić information content (AvgIpc) is 3.13. The number of benzene rings is 2. The Bertz CT molecular complexity index is 816. The van der Waals surface area contributed by atoms with Crippen molar-refractivity contribution in [1.82, 2.24) is 10.2 Å². The first-order chi connectivity index (χ1) is 11.7. The van der Waals surface area contributed by atoms with Gasteiger partial charge in [-0.15, -0.1) is 22.0 Å². The van der Waals surface area contributed by atoms with Gasteiger partial charge in [-0.05, 0) is 49.6 Å². The zero-order chi connectivity index (χ0) is 16.9. The molecule has 1 atom stereocenters. The van der Waals surface area contributed by atoms with Crippen LogP contribution >= 0.6 is 11.8 Å². The molecule has 0 N–H and O–H groups in total. The highest BCUT2D eigenvalue weighted by atomic mass is 32.2. The van der Waals surface area contributed by atoms with Gasteiger partial charge in [0.25, 0.3) is 5.89 Å². The van der Waals surface area contributed by atoms with Gasteiger partial charge in [-0.25, -0.2) is 4.79 Å². The fourth-order valence-corrected chi connectivity index (χ4v) is 2.51. The number of aromatic nitrogens is 2. The molecule has 5 nitrogen and oxygen atoms in total. The maximum absolute atomic E-state index is 12.2. The predicted octanol–water partition coefficient (Wildman–Crippen LogP) is 4.38. The van der Waals surface area contributed by atoms with Gasteiger partial charge in [0.15, 0.2) is 6.10 Å². The predicted molar refractivity (Wildman–Crippen MR) is 91.8 cm³/mol. The minimum Gasteiger partial charge on any atom is -0.449 e. The second-order valence-corrected chi connectivity index (χ2v) is 5.97. The van der Waals surface area contributed by atoms with E-state index in [1.165, 1.54) is 0 Å². The molecule has 24 heavy (non-hydrogen) atoms. The molecule has 0 aliphatic rings. The molecule has 2 aromatic carbocycles. The van der Waals surface area contributed by atoms with Crippen molar-refractivity contribution in [3.8, 4) is 11.5 Å². The summed E-state index contributed by atoms with van der Waals surface area (Å²) < 4.78 is 11.0. The van der Waals surface area contributed by atoms with Gasteiger partial charge >= 0.3 is 5.97 Å². The summed E-state index contributed by atoms with van der Waals surface area (Å²) in [7, 11) is 0. The Hall–Kier alpha value is -2.60. The highest BCUT2D eigenvalue weighted by Crippen LogP contribution is 2.23. The van der Waals surface area contributed by atoms with Crippen molar-refractivity contribution in [2.45, 2.75) is 17.9 Å². The van der Waals surface area contributed by atoms with Crippen LogP contribution in [0.15, 0.2) is 63.9 Å². The molecular formula is C18H16N2O3S. The Morgan fingerprint density at radius 2 is 1.79 bits per heavy atom. The molecular weight excluding hydrogens is 324 g/mol. The van der Waals surface area contributed by atoms with Gasteiger partial charge in [-0.3, -0.25) is 0 Å². The van der Waals surface area contributed by atoms with Gasteiger partial charge in [0, 0.05) is 10.5 Å². The largest absolute Gasteiger partial charge is 0.449 e. The minimum absolute atomic E-state index is 0.267. The third-order valence-corrected chi connectivity index (χ3v) is 4.16. The van der Waals surface area contributed by atoms with Gasteiger partial charge in [-0.2, -0.15) is 0 Å². The summed E-state index contributed by atoms with van der Waals surface area (Å²) in [5, 5.41) is 7.97. The Morgan fingerprint density at radius 1 is 1.08 bits per heavy atom. The highest BCUT2D eigenvalue weighted by molar-refractivity contribution is 7.98. The summed E-state index contributed by atoms with van der Waals surface area (Å²) in [6.07, 6.45) is 1.36. The molecule has 1 unspecified atom stereocenters. The van der Waals surface area contributed by atoms with Gasteiger partial charge in [0.05, 0.1) is 5.56 Å². The van der Waals surface area contributed by atoms with Crippen LogP contribution in [0.3, 0.4) is 0 Å². The Kier molecular flexibility index (Phi) is 4.96. The van der Waals surface area contributed by atoms with E-state index in [1.54, 1.807) is 30.8 Å². The second kappa shape index (κ2) is 7.31. The van der Waals surface area contributed by atoms with E-state index in [4.69, 9.17) is 9.15 Å². The van der Waals surface area contributed by atoms with E-state index in [0.717, 1.165) is 10.5 Å². The van der Waals surface area contributed by atoms with Crippen molar-refractivity contribution >= 4 is 17.7 Å². The van der Waals surface area contributed by atoms with Crippen LogP contribution in [0.4, 0.5) is 0 Å². The van der Waals surface area contributed by atoms with Crippen LogP contribution < -0.4 is 0 Å². The first-order valence-corrected chi connectivity index (χ1v) is 8.63. The van der Waals surface area contributed by atoms with Gasteiger partial charge < -0.3 is 9.15 Å². The molecule has 1 aromatic heterocycles. The van der Waals surface area contributed by atoms with E-state index in [2.05, 4.69) is 10.2 Å². The van der Waals surface area contributed by atoms with E-state index in [9.17, 15) is 4.79 Å². The molecule has 0 aliphatic carbocycles. The highest BCUT2D eigenvalue weighted by Gasteiger charge is 2.19. The number of carbonyl (C=O) groups is 1. The summed E-state index contributed by atoms with van der Waals surface area (Å²) in [6.45, 7) is 1.70. The molecule has 0 radical (unpaired) electrons. The van der Waals surface area contributed by atoms with Crippen LogP contribution in [0.2, 0.25) is 0 Å². The first-order valence-electron chi connectivity index (χ1n) is 7.41. The molecule has 0 spiro atoms. The van der Waals surface area contributed by atoms with Crippen molar-refractivity contribution in [1.29, 1.82) is 0 Å². The molecule has 0 saturated carbocycles. The molecule has 0 bridgehead atoms. The van der Waals surface area contributed by atoms with Crippen molar-refractivity contribution in [2.75, 3.05) is 6.26 Å². The fourth-order valence-electron chi connectivity index (χ4n) is 2.10. The molecule has 1 heterocycles. The van der Waals surface area contributed by atoms with E-state index < -0.39 is 12.1 Å². The number of ether oxygens (including phenoxy) is 1. The second-order valence-electron chi connectivity index (χ2n) is 5.09. The van der Waals surface area contributed by atoms with Crippen molar-refractivity contribution in [2.24, 2.45) is 0 Å². The van der Waals surface area contributed by atoms with Crippen molar-refractivity contribution < 1.29 is 13.9 Å². The third kappa shape index (κ3) is 3.65. The Morgan fingerprint density at radius 3 is 2.46 bits per heavy atom. The fraction of sp³-hybridized carbons (Fsp3) is 0.167. The van der Waals surface area contributed by atoms with E-state index >= 15 is 0 Å². The van der Waals surface area contributed by atoms with Crippen LogP contribution in [0.1, 0.15) is 29.3 Å². The maximum Gasteiger partial charge on any atom is 0.338 e. The summed E-state index contributed by atoms with van der Waals surface area (Å²) in [5.41, 5.74) is 1.31. The van der Waals surface area contributed by atoms with Crippen molar-refractivity contribution in [3.63, 3.8) is 0 Å². The molecule has 122 valence electrons. The van der Waals surface area contributed by atoms with Crippen LogP contribution in [0, 0.1) is 0 Å². The van der Waals surface area contributed by atoms with Gasteiger partial charge in [-0.1, -0.05) is 18.2 Å². The normalized spacial score (nSPS) is 11.9. The number of thioether (sulfide) groups is 1. The molecule has 0 aliphatic heterocycles. The van der Waals surface area contributed by atoms with Crippen LogP contribution in [0.5, 0.6) is 0 Å². The number of rotatable bonds is 5. The lowest BCUT2D eigenvalue weighted by Gasteiger charge is -2.09. The van der Waals surface area contributed by atoms with Crippen LogP contribution in [0.25, 0.3) is 11.5 Å². The van der Waals surface area contributed by atoms with Crippen LogP contribution in [-0.4, -0.2) is 22.4 Å². The van der Waals surface area contributed by atoms with E-state index in [-0.39, 0.29) is 5.89 Å². The molecule has 3 aromatic rings. The molecule has 0 saturated heterocycles. The smallest absolute Gasteiger partial charge is 0.338 e. The quantitative estimate of drug-likeness (QED) is 0.507. The number of hydrogen-bond donors (Lipinski definition) is 0. The minimum atomic E-state index is -0.623. The summed E-state index contributed by atoms with van der Waals surface area (Å²) >= 11 is 1.62. The van der Waals surface area contributed by atoms with Gasteiger partial charge in [0.1, 0.15) is 0 Å². The standard InChI is InChI=1S/C18H16N2O3S/c1-12(22-18(21)14-8-10-15(24-2)11-9-14)16-19-20-17(23-16)13-6-4-3-5-7-13/h3-12H,1-2H3. The Labute approximate surface area is 144 Å². The summed E-state index contributed by atoms with van der Waals surface area (Å²) in [6, 6.07) is 16.7. The third-order valence-electron chi connectivity index (χ3n) is 3.42. The maximum atomic E-state index is 12.2. The molecule has 0 amide bonds. The molecule has 6 heteroatoms. The lowest BCUT2D eigenvalue weighted by Crippen LogP contribution is -2.09. The topological polar surface area (TPSA) is 65.2 Å². The molecule has 3 rings (SSSR count). The monoisotopic (exact) mass is 340 g/mol. The van der Waals surface area contributed by atoms with E-state index in [0.29, 0.717) is 11.5 Å². The number of hydrogen-bond acceptors (Lipinski definition) is 6. The van der Waals surface area contributed by atoms with Crippen molar-refractivity contribution in [3.05, 3.63) is 66.1 Å². The van der Waals surface area contributed by atoms with Gasteiger partial charge in [0.2, 0.25) is 5.89 Å². The SMILES string of the molecule is CSc1ccc(C(=O)OC(C)c2nnc(-c3ccccc3)o2)cc1. The summed E-state index contributed by atoms with van der Waals surface area (Å²) in [5.74, 6) is 0.246. The van der Waals surface area contributed by atoms with E-state index in [1.807, 2.05) is 48.7 Å². The number of esters is 1. The van der Waals surface area contributed by atoms with Crippen LogP contribution in [-0.2, 0) is 4.74 Å². The Balaban J connectivity index is 1.69. The summed E-state index contributed by atoms with van der Waals surface area (Å²) in [4.78, 5) is 13.3. The zero-order valence-electron chi connectivity index (χ0n) is 13.3. The number of carbonyl (C=O) groups excluding carboxylic acids is 1. The zero-order valence-corrected chi connectivity index (χ0v) is 14.1. The number of nitrogens with zero attached hydrogens (tertiary/aromatic N) is 2. The average molecular weight is 340 g/mol.